The molecule has 4 rings (SSSR count). The molecule has 23 heavy (non-hydrogen) atoms. The molecule has 126 valence electrons. The monoisotopic (exact) mass is 353 g/mol. The third-order valence-corrected chi connectivity index (χ3v) is 7.49. The van der Waals surface area contributed by atoms with Gasteiger partial charge < -0.3 is 14.4 Å². The minimum absolute atomic E-state index is 0.192. The maximum Gasteiger partial charge on any atom is 0.264 e. The number of ether oxygens (including phenoxy) is 2. The van der Waals surface area contributed by atoms with Gasteiger partial charge in [-0.2, -0.15) is 0 Å². The average molecular weight is 354 g/mol. The highest BCUT2D eigenvalue weighted by Crippen LogP contribution is 2.46. The van der Waals surface area contributed by atoms with E-state index in [0.29, 0.717) is 12.0 Å². The van der Waals surface area contributed by atoms with Crippen molar-refractivity contribution in [2.75, 3.05) is 38.7 Å². The van der Waals surface area contributed by atoms with E-state index in [-0.39, 0.29) is 10.7 Å². The van der Waals surface area contributed by atoms with Gasteiger partial charge in [0.25, 0.3) is 5.91 Å². The van der Waals surface area contributed by atoms with Gasteiger partial charge in [0.15, 0.2) is 0 Å². The van der Waals surface area contributed by atoms with Crippen molar-refractivity contribution in [3.8, 4) is 0 Å². The molecule has 0 aromatic carbocycles. The Morgan fingerprint density at radius 1 is 1.39 bits per heavy atom. The van der Waals surface area contributed by atoms with Crippen molar-refractivity contribution in [2.45, 2.75) is 30.1 Å². The maximum absolute atomic E-state index is 12.3. The van der Waals surface area contributed by atoms with Crippen molar-refractivity contribution >= 4 is 29.0 Å². The SMILES string of the molecule is O=C(c1cccs1)N1CC2(C[C@H](OCC3CCOCC3)CS2)C1. The van der Waals surface area contributed by atoms with Crippen molar-refractivity contribution in [1.29, 1.82) is 0 Å². The second kappa shape index (κ2) is 6.75. The summed E-state index contributed by atoms with van der Waals surface area (Å²) in [4.78, 5) is 15.2. The highest BCUT2D eigenvalue weighted by molar-refractivity contribution is 8.01. The summed E-state index contributed by atoms with van der Waals surface area (Å²) < 4.78 is 11.8. The second-order valence-electron chi connectivity index (χ2n) is 6.85. The van der Waals surface area contributed by atoms with Crippen LogP contribution in [0, 0.1) is 5.92 Å². The molecule has 0 radical (unpaired) electrons. The fourth-order valence-electron chi connectivity index (χ4n) is 3.66. The molecule has 4 heterocycles. The maximum atomic E-state index is 12.3. The van der Waals surface area contributed by atoms with Crippen LogP contribution in [0.5, 0.6) is 0 Å². The third kappa shape index (κ3) is 3.45. The number of thiophene rings is 1. The summed E-state index contributed by atoms with van der Waals surface area (Å²) in [6.45, 7) is 4.41. The number of hydrogen-bond donors (Lipinski definition) is 0. The first-order valence-electron chi connectivity index (χ1n) is 8.40. The molecular weight excluding hydrogens is 330 g/mol. The number of nitrogens with zero attached hydrogens (tertiary/aromatic N) is 1. The third-order valence-electron chi connectivity index (χ3n) is 5.06. The van der Waals surface area contributed by atoms with E-state index < -0.39 is 0 Å². The van der Waals surface area contributed by atoms with Gasteiger partial charge in [0.1, 0.15) is 0 Å². The first-order valence-corrected chi connectivity index (χ1v) is 10.3. The van der Waals surface area contributed by atoms with Crippen LogP contribution in [-0.2, 0) is 9.47 Å². The van der Waals surface area contributed by atoms with Crippen molar-refractivity contribution < 1.29 is 14.3 Å². The minimum Gasteiger partial charge on any atom is -0.381 e. The van der Waals surface area contributed by atoms with Gasteiger partial charge in [-0.25, -0.2) is 0 Å². The molecule has 0 bridgehead atoms. The number of thioether (sulfide) groups is 1. The second-order valence-corrected chi connectivity index (χ2v) is 9.28. The smallest absolute Gasteiger partial charge is 0.264 e. The Hall–Kier alpha value is -0.560. The van der Waals surface area contributed by atoms with Gasteiger partial charge in [0.05, 0.1) is 15.7 Å². The number of amides is 1. The molecular formula is C17H23NO3S2. The Labute approximate surface area is 145 Å². The van der Waals surface area contributed by atoms with Gasteiger partial charge in [-0.05, 0) is 36.6 Å². The van der Waals surface area contributed by atoms with Crippen molar-refractivity contribution in [3.63, 3.8) is 0 Å². The molecule has 1 spiro atoms. The molecule has 0 saturated carbocycles. The fourth-order valence-corrected chi connectivity index (χ4v) is 5.91. The number of rotatable bonds is 4. The van der Waals surface area contributed by atoms with Crippen LogP contribution in [0.15, 0.2) is 17.5 Å². The zero-order valence-corrected chi connectivity index (χ0v) is 14.9. The molecule has 1 amide bonds. The Kier molecular flexibility index (Phi) is 4.67. The molecule has 1 aromatic rings. The molecule has 1 atom stereocenters. The first kappa shape index (κ1) is 15.9. The lowest BCUT2D eigenvalue weighted by Gasteiger charge is -2.47. The molecule has 3 aliphatic heterocycles. The fraction of sp³-hybridized carbons (Fsp3) is 0.706. The van der Waals surface area contributed by atoms with Crippen LogP contribution < -0.4 is 0 Å². The lowest BCUT2D eigenvalue weighted by atomic mass is 9.92. The Balaban J connectivity index is 1.23. The van der Waals surface area contributed by atoms with E-state index in [1.54, 1.807) is 0 Å². The van der Waals surface area contributed by atoms with Gasteiger partial charge >= 0.3 is 0 Å². The highest BCUT2D eigenvalue weighted by atomic mass is 32.2. The Bertz CT molecular complexity index is 536. The Morgan fingerprint density at radius 2 is 2.22 bits per heavy atom. The molecule has 0 N–H and O–H groups in total. The number of hydrogen-bond acceptors (Lipinski definition) is 5. The van der Waals surface area contributed by atoms with Crippen LogP contribution in [0.1, 0.15) is 28.9 Å². The zero-order chi connectivity index (χ0) is 15.7. The van der Waals surface area contributed by atoms with Crippen LogP contribution >= 0.6 is 23.1 Å². The molecule has 0 unspecified atom stereocenters. The molecule has 3 aliphatic rings. The van der Waals surface area contributed by atoms with Gasteiger partial charge in [-0.1, -0.05) is 6.07 Å². The normalized spacial score (nSPS) is 27.3. The van der Waals surface area contributed by atoms with Crippen LogP contribution in [0.2, 0.25) is 0 Å². The van der Waals surface area contributed by atoms with E-state index in [9.17, 15) is 4.79 Å². The predicted molar refractivity (Wildman–Crippen MR) is 93.3 cm³/mol. The molecule has 3 saturated heterocycles. The lowest BCUT2D eigenvalue weighted by Crippen LogP contribution is -2.60. The van der Waals surface area contributed by atoms with E-state index >= 15 is 0 Å². The van der Waals surface area contributed by atoms with Crippen molar-refractivity contribution in [3.05, 3.63) is 22.4 Å². The largest absolute Gasteiger partial charge is 0.381 e. The zero-order valence-electron chi connectivity index (χ0n) is 13.2. The minimum atomic E-state index is 0.192. The van der Waals surface area contributed by atoms with Gasteiger partial charge in [0.2, 0.25) is 0 Å². The van der Waals surface area contributed by atoms with Crippen LogP contribution in [0.25, 0.3) is 0 Å². The summed E-state index contributed by atoms with van der Waals surface area (Å²) in [5.74, 6) is 1.94. The van der Waals surface area contributed by atoms with Crippen LogP contribution in [0.4, 0.5) is 0 Å². The summed E-state index contributed by atoms with van der Waals surface area (Å²) in [6, 6.07) is 3.86. The highest BCUT2D eigenvalue weighted by Gasteiger charge is 2.51. The van der Waals surface area contributed by atoms with Gasteiger partial charge in [-0.15, -0.1) is 23.1 Å². The van der Waals surface area contributed by atoms with Crippen LogP contribution in [-0.4, -0.2) is 60.3 Å². The topological polar surface area (TPSA) is 38.8 Å². The number of carbonyl (C=O) groups is 1. The summed E-state index contributed by atoms with van der Waals surface area (Å²) in [6.07, 6.45) is 3.72. The standard InChI is InChI=1S/C17H23NO3S2/c19-16(15-2-1-7-22-15)18-11-17(12-18)8-14(10-23-17)21-9-13-3-5-20-6-4-13/h1-2,7,13-14H,3-6,8-12H2/t14-/m0/s1. The van der Waals surface area contributed by atoms with Gasteiger partial charge in [0, 0.05) is 38.7 Å². The summed E-state index contributed by atoms with van der Waals surface area (Å²) >= 11 is 3.54. The van der Waals surface area contributed by atoms with Crippen molar-refractivity contribution in [1.82, 2.24) is 4.90 Å². The average Bonchev–Trinajstić information content (AvgIpc) is 3.22. The van der Waals surface area contributed by atoms with E-state index in [1.807, 2.05) is 34.2 Å². The van der Waals surface area contributed by atoms with Crippen molar-refractivity contribution in [2.24, 2.45) is 5.92 Å². The molecule has 4 nitrogen and oxygen atoms in total. The molecule has 6 heteroatoms. The summed E-state index contributed by atoms with van der Waals surface area (Å²) in [5, 5.41) is 1.97. The molecule has 0 aliphatic carbocycles. The number of carbonyl (C=O) groups excluding carboxylic acids is 1. The van der Waals surface area contributed by atoms with E-state index in [1.165, 1.54) is 11.3 Å². The van der Waals surface area contributed by atoms with Crippen LogP contribution in [0.3, 0.4) is 0 Å². The summed E-state index contributed by atoms with van der Waals surface area (Å²) in [7, 11) is 0. The summed E-state index contributed by atoms with van der Waals surface area (Å²) in [5.41, 5.74) is 0. The first-order chi connectivity index (χ1) is 11.2. The quantitative estimate of drug-likeness (QED) is 0.834. The van der Waals surface area contributed by atoms with E-state index in [4.69, 9.17) is 9.47 Å². The number of likely N-dealkylation sites (tertiary alicyclic amines) is 1. The molecule has 1 aromatic heterocycles. The van der Waals surface area contributed by atoms with Gasteiger partial charge in [-0.3, -0.25) is 4.79 Å². The van der Waals surface area contributed by atoms with E-state index in [0.717, 1.165) is 62.8 Å². The Morgan fingerprint density at radius 3 is 2.96 bits per heavy atom. The lowest BCUT2D eigenvalue weighted by molar-refractivity contribution is -0.0118. The molecule has 3 fully saturated rings. The predicted octanol–water partition coefficient (Wildman–Crippen LogP) is 2.89. The van der Waals surface area contributed by atoms with E-state index in [2.05, 4.69) is 0 Å².